The van der Waals surface area contributed by atoms with Crippen molar-refractivity contribution in [3.8, 4) is 5.88 Å². The van der Waals surface area contributed by atoms with E-state index >= 15 is 0 Å². The van der Waals surface area contributed by atoms with E-state index in [9.17, 15) is 4.79 Å². The van der Waals surface area contributed by atoms with Gasteiger partial charge in [0.05, 0.1) is 12.5 Å². The molecule has 0 atom stereocenters. The molecule has 1 aromatic heterocycles. The largest absolute Gasteiger partial charge is 0.481 e. The molecule has 2 aromatic rings. The van der Waals surface area contributed by atoms with Gasteiger partial charge in [-0.25, -0.2) is 4.98 Å². The molecule has 3 rings (SSSR count). The molecular formula is C17H17BrN2O2. The van der Waals surface area contributed by atoms with Gasteiger partial charge in [-0.05, 0) is 36.1 Å². The van der Waals surface area contributed by atoms with Crippen molar-refractivity contribution in [3.63, 3.8) is 0 Å². The highest BCUT2D eigenvalue weighted by atomic mass is 79.9. The molecule has 1 fully saturated rings. The molecule has 0 radical (unpaired) electrons. The highest BCUT2D eigenvalue weighted by Gasteiger charge is 2.51. The fraction of sp³-hybridized carbons (Fsp3) is 0.294. The Morgan fingerprint density at radius 3 is 2.77 bits per heavy atom. The highest BCUT2D eigenvalue weighted by molar-refractivity contribution is 9.10. The van der Waals surface area contributed by atoms with Gasteiger partial charge < -0.3 is 10.1 Å². The lowest BCUT2D eigenvalue weighted by molar-refractivity contribution is -0.123. The first-order chi connectivity index (χ1) is 10.6. The van der Waals surface area contributed by atoms with E-state index in [1.807, 2.05) is 30.3 Å². The summed E-state index contributed by atoms with van der Waals surface area (Å²) in [5.41, 5.74) is 1.68. The number of pyridine rings is 1. The first-order valence-corrected chi connectivity index (χ1v) is 7.97. The molecule has 1 aromatic carbocycles. The van der Waals surface area contributed by atoms with Crippen LogP contribution in [0.2, 0.25) is 0 Å². The molecule has 114 valence electrons. The van der Waals surface area contributed by atoms with E-state index in [2.05, 4.69) is 26.2 Å². The zero-order chi connectivity index (χ0) is 15.6. The molecule has 0 aliphatic heterocycles. The molecule has 0 spiro atoms. The van der Waals surface area contributed by atoms with Crippen LogP contribution in [0.5, 0.6) is 5.88 Å². The van der Waals surface area contributed by atoms with Gasteiger partial charge in [-0.3, -0.25) is 4.79 Å². The predicted molar refractivity (Wildman–Crippen MR) is 87.7 cm³/mol. The summed E-state index contributed by atoms with van der Waals surface area (Å²) in [5, 5.41) is 3.02. The van der Waals surface area contributed by atoms with Crippen LogP contribution in [0.4, 0.5) is 0 Å². The van der Waals surface area contributed by atoms with Crippen molar-refractivity contribution in [2.24, 2.45) is 0 Å². The SMILES string of the molecule is COc1ccc(CNC(=O)C2(c3cccc(Br)c3)CC2)cn1. The van der Waals surface area contributed by atoms with Crippen LogP contribution >= 0.6 is 15.9 Å². The molecule has 0 saturated heterocycles. The molecule has 0 bridgehead atoms. The van der Waals surface area contributed by atoms with Crippen molar-refractivity contribution >= 4 is 21.8 Å². The number of carbonyl (C=O) groups is 1. The van der Waals surface area contributed by atoms with Crippen LogP contribution in [0.25, 0.3) is 0 Å². The lowest BCUT2D eigenvalue weighted by Gasteiger charge is -2.16. The number of nitrogens with zero attached hydrogens (tertiary/aromatic N) is 1. The van der Waals surface area contributed by atoms with E-state index in [-0.39, 0.29) is 11.3 Å². The standard InChI is InChI=1S/C17H17BrN2O2/c1-22-15-6-5-12(10-19-15)11-20-16(21)17(7-8-17)13-3-2-4-14(18)9-13/h2-6,9-10H,7-8,11H2,1H3,(H,20,21). The molecule has 1 N–H and O–H groups in total. The molecule has 1 aliphatic rings. The normalized spacial score (nSPS) is 15.2. The minimum Gasteiger partial charge on any atom is -0.481 e. The van der Waals surface area contributed by atoms with Crippen molar-refractivity contribution < 1.29 is 9.53 Å². The molecule has 1 saturated carbocycles. The average Bonchev–Trinajstić information content (AvgIpc) is 3.35. The Morgan fingerprint density at radius 1 is 1.36 bits per heavy atom. The minimum absolute atomic E-state index is 0.0846. The lowest BCUT2D eigenvalue weighted by atomic mass is 9.95. The average molecular weight is 361 g/mol. The maximum atomic E-state index is 12.6. The Balaban J connectivity index is 1.66. The first-order valence-electron chi connectivity index (χ1n) is 7.17. The molecule has 0 unspecified atom stereocenters. The number of nitrogens with one attached hydrogen (secondary N) is 1. The van der Waals surface area contributed by atoms with Crippen molar-refractivity contribution in [3.05, 3.63) is 58.2 Å². The number of hydrogen-bond donors (Lipinski definition) is 1. The summed E-state index contributed by atoms with van der Waals surface area (Å²) < 4.78 is 6.03. The van der Waals surface area contributed by atoms with Gasteiger partial charge in [0.2, 0.25) is 11.8 Å². The Bertz CT molecular complexity index is 681. The van der Waals surface area contributed by atoms with E-state index in [0.29, 0.717) is 12.4 Å². The van der Waals surface area contributed by atoms with Crippen molar-refractivity contribution in [2.45, 2.75) is 24.8 Å². The van der Waals surface area contributed by atoms with Crippen LogP contribution in [-0.2, 0) is 16.8 Å². The number of aromatic nitrogens is 1. The van der Waals surface area contributed by atoms with Crippen molar-refractivity contribution in [2.75, 3.05) is 7.11 Å². The number of benzene rings is 1. The van der Waals surface area contributed by atoms with Gasteiger partial charge in [-0.1, -0.05) is 34.1 Å². The van der Waals surface area contributed by atoms with Gasteiger partial charge in [-0.15, -0.1) is 0 Å². The Kier molecular flexibility index (Phi) is 4.16. The second kappa shape index (κ2) is 6.08. The van der Waals surface area contributed by atoms with Crippen LogP contribution in [0.15, 0.2) is 47.1 Å². The fourth-order valence-corrected chi connectivity index (χ4v) is 2.94. The van der Waals surface area contributed by atoms with Gasteiger partial charge in [0, 0.05) is 23.3 Å². The lowest BCUT2D eigenvalue weighted by Crippen LogP contribution is -2.34. The summed E-state index contributed by atoms with van der Waals surface area (Å²) in [5.74, 6) is 0.657. The quantitative estimate of drug-likeness (QED) is 0.890. The summed E-state index contributed by atoms with van der Waals surface area (Å²) in [6, 6.07) is 11.7. The number of rotatable bonds is 5. The van der Waals surface area contributed by atoms with Crippen LogP contribution in [0.1, 0.15) is 24.0 Å². The van der Waals surface area contributed by atoms with Gasteiger partial charge in [-0.2, -0.15) is 0 Å². The number of carbonyl (C=O) groups excluding carboxylic acids is 1. The van der Waals surface area contributed by atoms with E-state index in [4.69, 9.17) is 4.74 Å². The van der Waals surface area contributed by atoms with Crippen LogP contribution in [-0.4, -0.2) is 18.0 Å². The third kappa shape index (κ3) is 2.99. The number of hydrogen-bond acceptors (Lipinski definition) is 3. The van der Waals surface area contributed by atoms with E-state index in [0.717, 1.165) is 28.4 Å². The number of methoxy groups -OCH3 is 1. The minimum atomic E-state index is -0.357. The smallest absolute Gasteiger partial charge is 0.230 e. The second-order valence-electron chi connectivity index (χ2n) is 5.48. The maximum absolute atomic E-state index is 12.6. The molecule has 5 heteroatoms. The number of amides is 1. The second-order valence-corrected chi connectivity index (χ2v) is 6.40. The van der Waals surface area contributed by atoms with Gasteiger partial charge in [0.25, 0.3) is 0 Å². The fourth-order valence-electron chi connectivity index (χ4n) is 2.55. The zero-order valence-electron chi connectivity index (χ0n) is 12.3. The molecule has 1 heterocycles. The first kappa shape index (κ1) is 15.0. The summed E-state index contributed by atoms with van der Waals surface area (Å²) >= 11 is 3.47. The molecule has 4 nitrogen and oxygen atoms in total. The Hall–Kier alpha value is -1.88. The number of halogens is 1. The van der Waals surface area contributed by atoms with Crippen LogP contribution in [0.3, 0.4) is 0 Å². The van der Waals surface area contributed by atoms with Gasteiger partial charge in [0.15, 0.2) is 0 Å². The third-order valence-electron chi connectivity index (χ3n) is 4.02. The monoisotopic (exact) mass is 360 g/mol. The Morgan fingerprint density at radius 2 is 2.18 bits per heavy atom. The molecular weight excluding hydrogens is 344 g/mol. The number of ether oxygens (including phenoxy) is 1. The van der Waals surface area contributed by atoms with Crippen LogP contribution < -0.4 is 10.1 Å². The predicted octanol–water partition coefficient (Wildman–Crippen LogP) is 3.20. The summed E-state index contributed by atoms with van der Waals surface area (Å²) in [4.78, 5) is 16.7. The Labute approximate surface area is 138 Å². The molecule has 1 amide bonds. The highest BCUT2D eigenvalue weighted by Crippen LogP contribution is 2.48. The van der Waals surface area contributed by atoms with Gasteiger partial charge in [0.1, 0.15) is 0 Å². The molecule has 22 heavy (non-hydrogen) atoms. The van der Waals surface area contributed by atoms with E-state index in [1.165, 1.54) is 0 Å². The zero-order valence-corrected chi connectivity index (χ0v) is 13.9. The van der Waals surface area contributed by atoms with Crippen molar-refractivity contribution in [1.82, 2.24) is 10.3 Å². The van der Waals surface area contributed by atoms with Gasteiger partial charge >= 0.3 is 0 Å². The third-order valence-corrected chi connectivity index (χ3v) is 4.51. The summed E-state index contributed by atoms with van der Waals surface area (Å²) in [6.07, 6.45) is 3.52. The van der Waals surface area contributed by atoms with Crippen LogP contribution in [0, 0.1) is 0 Å². The summed E-state index contributed by atoms with van der Waals surface area (Å²) in [7, 11) is 1.58. The van der Waals surface area contributed by atoms with E-state index < -0.39 is 0 Å². The topological polar surface area (TPSA) is 51.2 Å². The van der Waals surface area contributed by atoms with Crippen molar-refractivity contribution in [1.29, 1.82) is 0 Å². The maximum Gasteiger partial charge on any atom is 0.230 e. The summed E-state index contributed by atoms with van der Waals surface area (Å²) in [6.45, 7) is 0.478. The molecule has 1 aliphatic carbocycles. The van der Waals surface area contributed by atoms with E-state index in [1.54, 1.807) is 19.4 Å².